The van der Waals surface area contributed by atoms with Crippen LogP contribution in [0, 0.1) is 0 Å². The molecule has 0 spiro atoms. The lowest BCUT2D eigenvalue weighted by Crippen LogP contribution is -2.06. The van der Waals surface area contributed by atoms with Crippen molar-refractivity contribution in [3.63, 3.8) is 0 Å². The van der Waals surface area contributed by atoms with Crippen molar-refractivity contribution in [1.82, 2.24) is 0 Å². The topological polar surface area (TPSA) is 0 Å². The van der Waals surface area contributed by atoms with Gasteiger partial charge in [0.15, 0.2) is 0 Å². The molecular formula is C11H12ClF3S. The molecule has 0 saturated carbocycles. The van der Waals surface area contributed by atoms with Gasteiger partial charge in [-0.2, -0.15) is 13.2 Å². The summed E-state index contributed by atoms with van der Waals surface area (Å²) in [7, 11) is 0. The van der Waals surface area contributed by atoms with E-state index in [1.165, 1.54) is 11.8 Å². The number of hydrogen-bond donors (Lipinski definition) is 0. The molecule has 0 atom stereocenters. The molecule has 0 aliphatic carbocycles. The van der Waals surface area contributed by atoms with Gasteiger partial charge >= 0.3 is 6.18 Å². The van der Waals surface area contributed by atoms with Crippen LogP contribution in [0.5, 0.6) is 0 Å². The van der Waals surface area contributed by atoms with Crippen molar-refractivity contribution in [1.29, 1.82) is 0 Å². The Morgan fingerprint density at radius 3 is 2.25 bits per heavy atom. The van der Waals surface area contributed by atoms with Gasteiger partial charge in [0, 0.05) is 17.2 Å². The SMILES string of the molecule is FC(F)(F)CCCSc1ccc(CCl)cc1. The highest BCUT2D eigenvalue weighted by molar-refractivity contribution is 7.99. The molecule has 1 rings (SSSR count). The minimum atomic E-state index is -4.04. The summed E-state index contributed by atoms with van der Waals surface area (Å²) in [5.74, 6) is 0.943. The maximum absolute atomic E-state index is 11.9. The van der Waals surface area contributed by atoms with Crippen LogP contribution in [0.3, 0.4) is 0 Å². The van der Waals surface area contributed by atoms with Crippen LogP contribution in [0.15, 0.2) is 29.2 Å². The second kappa shape index (κ2) is 6.40. The molecule has 0 unspecified atom stereocenters. The molecule has 1 aromatic rings. The van der Waals surface area contributed by atoms with E-state index in [2.05, 4.69) is 0 Å². The lowest BCUT2D eigenvalue weighted by molar-refractivity contribution is -0.134. The van der Waals surface area contributed by atoms with E-state index in [4.69, 9.17) is 11.6 Å². The van der Waals surface area contributed by atoms with E-state index >= 15 is 0 Å². The fourth-order valence-corrected chi connectivity index (χ4v) is 2.17. The summed E-state index contributed by atoms with van der Waals surface area (Å²) in [6.07, 6.45) is -4.59. The average molecular weight is 269 g/mol. The number of hydrogen-bond acceptors (Lipinski definition) is 1. The Kier molecular flexibility index (Phi) is 5.49. The first kappa shape index (κ1) is 13.7. The van der Waals surface area contributed by atoms with Gasteiger partial charge in [0.05, 0.1) is 0 Å². The predicted octanol–water partition coefficient (Wildman–Crippen LogP) is 4.86. The molecule has 0 aliphatic heterocycles. The van der Waals surface area contributed by atoms with Crippen LogP contribution in [0.4, 0.5) is 13.2 Å². The van der Waals surface area contributed by atoms with Gasteiger partial charge in [-0.3, -0.25) is 0 Å². The van der Waals surface area contributed by atoms with Crippen molar-refractivity contribution in [2.45, 2.75) is 29.8 Å². The fourth-order valence-electron chi connectivity index (χ4n) is 1.14. The van der Waals surface area contributed by atoms with Gasteiger partial charge in [0.25, 0.3) is 0 Å². The van der Waals surface area contributed by atoms with Crippen molar-refractivity contribution in [2.24, 2.45) is 0 Å². The second-order valence-electron chi connectivity index (χ2n) is 3.34. The standard InChI is InChI=1S/C11H12ClF3S/c12-8-9-2-4-10(5-3-9)16-7-1-6-11(13,14)15/h2-5H,1,6-8H2. The summed E-state index contributed by atoms with van der Waals surface area (Å²) in [6.45, 7) is 0. The average Bonchev–Trinajstić information content (AvgIpc) is 2.24. The quantitative estimate of drug-likeness (QED) is 0.417. The van der Waals surface area contributed by atoms with Crippen molar-refractivity contribution < 1.29 is 13.2 Å². The summed E-state index contributed by atoms with van der Waals surface area (Å²) >= 11 is 7.06. The third-order valence-corrected chi connectivity index (χ3v) is 3.36. The molecule has 0 N–H and O–H groups in total. The first-order valence-electron chi connectivity index (χ1n) is 4.86. The highest BCUT2D eigenvalue weighted by Crippen LogP contribution is 2.25. The van der Waals surface area contributed by atoms with E-state index in [0.717, 1.165) is 10.5 Å². The molecule has 0 aromatic heterocycles. The van der Waals surface area contributed by atoms with Gasteiger partial charge in [-0.05, 0) is 29.9 Å². The molecule has 1 aromatic carbocycles. The summed E-state index contributed by atoms with van der Waals surface area (Å²) in [6, 6.07) is 7.55. The van der Waals surface area contributed by atoms with E-state index in [9.17, 15) is 13.2 Å². The monoisotopic (exact) mass is 268 g/mol. The van der Waals surface area contributed by atoms with E-state index in [1.54, 1.807) is 0 Å². The first-order valence-corrected chi connectivity index (χ1v) is 6.38. The molecule has 0 bridgehead atoms. The summed E-state index contributed by atoms with van der Waals surface area (Å²) in [4.78, 5) is 0.982. The maximum Gasteiger partial charge on any atom is 0.389 e. The molecule has 0 heterocycles. The molecule has 16 heavy (non-hydrogen) atoms. The van der Waals surface area contributed by atoms with E-state index in [-0.39, 0.29) is 6.42 Å². The predicted molar refractivity (Wildman–Crippen MR) is 62.0 cm³/mol. The highest BCUT2D eigenvalue weighted by Gasteiger charge is 2.25. The Labute approximate surface area is 102 Å². The number of alkyl halides is 4. The van der Waals surface area contributed by atoms with Crippen LogP contribution in [0.1, 0.15) is 18.4 Å². The van der Waals surface area contributed by atoms with Crippen LogP contribution in [0.2, 0.25) is 0 Å². The molecule has 0 nitrogen and oxygen atoms in total. The van der Waals surface area contributed by atoms with Gasteiger partial charge in [-0.1, -0.05) is 12.1 Å². The Balaban J connectivity index is 2.27. The normalized spacial score (nSPS) is 11.8. The van der Waals surface area contributed by atoms with Crippen LogP contribution < -0.4 is 0 Å². The maximum atomic E-state index is 11.9. The molecule has 90 valence electrons. The van der Waals surface area contributed by atoms with Crippen molar-refractivity contribution in [2.75, 3.05) is 5.75 Å². The second-order valence-corrected chi connectivity index (χ2v) is 4.78. The molecule has 0 amide bonds. The van der Waals surface area contributed by atoms with E-state index in [0.29, 0.717) is 11.6 Å². The third-order valence-electron chi connectivity index (χ3n) is 1.95. The van der Waals surface area contributed by atoms with Gasteiger partial charge < -0.3 is 0 Å². The van der Waals surface area contributed by atoms with Gasteiger partial charge in [0.1, 0.15) is 0 Å². The Morgan fingerprint density at radius 2 is 1.75 bits per heavy atom. The Morgan fingerprint density at radius 1 is 1.12 bits per heavy atom. The van der Waals surface area contributed by atoms with Gasteiger partial charge in [-0.25, -0.2) is 0 Å². The number of rotatable bonds is 5. The zero-order valence-electron chi connectivity index (χ0n) is 8.56. The molecule has 5 heteroatoms. The molecule has 0 aliphatic rings. The minimum Gasteiger partial charge on any atom is -0.171 e. The lowest BCUT2D eigenvalue weighted by Gasteiger charge is -2.05. The smallest absolute Gasteiger partial charge is 0.171 e. The Bertz CT molecular complexity index is 308. The molecule has 0 saturated heterocycles. The zero-order valence-corrected chi connectivity index (χ0v) is 10.1. The molecular weight excluding hydrogens is 257 g/mol. The molecule has 0 fully saturated rings. The summed E-state index contributed by atoms with van der Waals surface area (Å²) in [5.41, 5.74) is 1.02. The summed E-state index contributed by atoms with van der Waals surface area (Å²) in [5, 5.41) is 0. The lowest BCUT2D eigenvalue weighted by atomic mass is 10.2. The van der Waals surface area contributed by atoms with Crippen molar-refractivity contribution in [3.05, 3.63) is 29.8 Å². The van der Waals surface area contributed by atoms with Crippen molar-refractivity contribution >= 4 is 23.4 Å². The van der Waals surface area contributed by atoms with Crippen LogP contribution in [0.25, 0.3) is 0 Å². The Hall–Kier alpha value is -0.350. The number of benzene rings is 1. The summed E-state index contributed by atoms with van der Waals surface area (Å²) < 4.78 is 35.6. The highest BCUT2D eigenvalue weighted by atomic mass is 35.5. The van der Waals surface area contributed by atoms with Gasteiger partial charge in [-0.15, -0.1) is 23.4 Å². The molecule has 0 radical (unpaired) electrons. The first-order chi connectivity index (χ1) is 7.51. The van der Waals surface area contributed by atoms with Crippen LogP contribution in [-0.4, -0.2) is 11.9 Å². The fraction of sp³-hybridized carbons (Fsp3) is 0.455. The van der Waals surface area contributed by atoms with E-state index in [1.807, 2.05) is 24.3 Å². The van der Waals surface area contributed by atoms with E-state index < -0.39 is 12.6 Å². The number of halogens is 4. The number of thioether (sulfide) groups is 1. The third kappa shape index (κ3) is 5.66. The van der Waals surface area contributed by atoms with Crippen LogP contribution >= 0.6 is 23.4 Å². The zero-order chi connectivity index (χ0) is 12.0. The minimum absolute atomic E-state index is 0.158. The van der Waals surface area contributed by atoms with Crippen LogP contribution in [-0.2, 0) is 5.88 Å². The largest absolute Gasteiger partial charge is 0.389 e. The van der Waals surface area contributed by atoms with Gasteiger partial charge in [0.2, 0.25) is 0 Å². The van der Waals surface area contributed by atoms with Crippen molar-refractivity contribution in [3.8, 4) is 0 Å².